The van der Waals surface area contributed by atoms with Crippen LogP contribution in [0.2, 0.25) is 0 Å². The summed E-state index contributed by atoms with van der Waals surface area (Å²) in [5.41, 5.74) is 11.4. The van der Waals surface area contributed by atoms with E-state index in [-0.39, 0.29) is 5.41 Å². The van der Waals surface area contributed by atoms with Gasteiger partial charge < -0.3 is 0 Å². The van der Waals surface area contributed by atoms with Crippen LogP contribution in [0.25, 0.3) is 75.4 Å². The minimum Gasteiger partial charge on any atom is -0.247 e. The lowest BCUT2D eigenvalue weighted by atomic mass is 9.74. The zero-order valence-corrected chi connectivity index (χ0v) is 25.7. The van der Waals surface area contributed by atoms with Gasteiger partial charge in [-0.25, -0.2) is 4.98 Å². The Kier molecular flexibility index (Phi) is 5.61. The van der Waals surface area contributed by atoms with Gasteiger partial charge in [-0.1, -0.05) is 111 Å². The maximum absolute atomic E-state index is 5.53. The zero-order valence-electron chi connectivity index (χ0n) is 24.9. The first-order valence-corrected chi connectivity index (χ1v) is 16.5. The van der Waals surface area contributed by atoms with Gasteiger partial charge in [-0.05, 0) is 87.3 Å². The Labute approximate surface area is 261 Å². The molecule has 2 heteroatoms. The van der Waals surface area contributed by atoms with E-state index in [1.807, 2.05) is 11.3 Å². The zero-order chi connectivity index (χ0) is 29.4. The molecule has 1 nitrogen and oxygen atoms in total. The van der Waals surface area contributed by atoms with Crippen molar-refractivity contribution in [2.45, 2.75) is 32.1 Å². The van der Waals surface area contributed by atoms with Crippen molar-refractivity contribution >= 4 is 53.2 Å². The highest BCUT2D eigenvalue weighted by atomic mass is 32.1. The van der Waals surface area contributed by atoms with E-state index >= 15 is 0 Å². The molecule has 1 aliphatic carbocycles. The molecule has 0 spiro atoms. The average Bonchev–Trinajstić information content (AvgIpc) is 3.59. The minimum absolute atomic E-state index is 0.0704. The van der Waals surface area contributed by atoms with Crippen molar-refractivity contribution in [3.63, 3.8) is 0 Å². The number of pyridine rings is 1. The van der Waals surface area contributed by atoms with Crippen LogP contribution in [0.5, 0.6) is 0 Å². The molecule has 210 valence electrons. The van der Waals surface area contributed by atoms with Gasteiger partial charge in [-0.3, -0.25) is 0 Å². The molecule has 44 heavy (non-hydrogen) atoms. The molecule has 0 aliphatic heterocycles. The predicted molar refractivity (Wildman–Crippen MR) is 190 cm³/mol. The lowest BCUT2D eigenvalue weighted by Gasteiger charge is -2.29. The van der Waals surface area contributed by atoms with Crippen LogP contribution in [-0.4, -0.2) is 4.98 Å². The van der Waals surface area contributed by atoms with Gasteiger partial charge in [0, 0.05) is 36.5 Å². The second-order valence-electron chi connectivity index (χ2n) is 12.1. The Morgan fingerprint density at radius 3 is 2.09 bits per heavy atom. The van der Waals surface area contributed by atoms with Crippen LogP contribution in [0.4, 0.5) is 0 Å². The van der Waals surface area contributed by atoms with Crippen molar-refractivity contribution < 1.29 is 0 Å². The summed E-state index contributed by atoms with van der Waals surface area (Å²) in [6, 6.07) is 47.2. The molecule has 6 aromatic carbocycles. The molecule has 0 bridgehead atoms. The third-order valence-corrected chi connectivity index (χ3v) is 11.3. The second kappa shape index (κ2) is 9.61. The summed E-state index contributed by atoms with van der Waals surface area (Å²) in [7, 11) is 0. The molecule has 0 unspecified atom stereocenters. The number of hydrogen-bond acceptors (Lipinski definition) is 2. The molecule has 0 atom stereocenters. The minimum atomic E-state index is 0.0704. The summed E-state index contributed by atoms with van der Waals surface area (Å²) < 4.78 is 2.59. The van der Waals surface area contributed by atoms with E-state index in [2.05, 4.69) is 141 Å². The molecule has 2 aromatic heterocycles. The quantitative estimate of drug-likeness (QED) is 0.201. The number of hydrogen-bond donors (Lipinski definition) is 0. The van der Waals surface area contributed by atoms with Gasteiger partial charge in [0.1, 0.15) is 0 Å². The van der Waals surface area contributed by atoms with E-state index in [1.165, 1.54) is 75.3 Å². The summed E-state index contributed by atoms with van der Waals surface area (Å²) in [5, 5.41) is 6.29. The fraction of sp³-hybridized carbons (Fsp3) is 0.119. The van der Waals surface area contributed by atoms with Crippen LogP contribution >= 0.6 is 11.3 Å². The normalized spacial score (nSPS) is 13.6. The highest BCUT2D eigenvalue weighted by Gasteiger charge is 2.40. The molecule has 0 amide bonds. The van der Waals surface area contributed by atoms with Crippen molar-refractivity contribution in [2.24, 2.45) is 0 Å². The van der Waals surface area contributed by atoms with Crippen LogP contribution < -0.4 is 0 Å². The number of nitrogens with zero attached hydrogens (tertiary/aromatic N) is 1. The van der Waals surface area contributed by atoms with Gasteiger partial charge in [-0.15, -0.1) is 11.3 Å². The van der Waals surface area contributed by atoms with Gasteiger partial charge in [0.05, 0.1) is 11.2 Å². The van der Waals surface area contributed by atoms with E-state index in [0.717, 1.165) is 24.1 Å². The van der Waals surface area contributed by atoms with Crippen molar-refractivity contribution in [1.29, 1.82) is 0 Å². The Morgan fingerprint density at radius 1 is 0.545 bits per heavy atom. The van der Waals surface area contributed by atoms with Crippen molar-refractivity contribution in [3.05, 3.63) is 139 Å². The number of benzene rings is 6. The monoisotopic (exact) mass is 581 g/mol. The second-order valence-corrected chi connectivity index (χ2v) is 13.2. The van der Waals surface area contributed by atoms with E-state index in [4.69, 9.17) is 4.98 Å². The van der Waals surface area contributed by atoms with Crippen LogP contribution in [0.15, 0.2) is 127 Å². The van der Waals surface area contributed by atoms with Gasteiger partial charge in [0.2, 0.25) is 0 Å². The lowest BCUT2D eigenvalue weighted by Crippen LogP contribution is -2.22. The summed E-state index contributed by atoms with van der Waals surface area (Å²) in [4.78, 5) is 5.53. The highest BCUT2D eigenvalue weighted by molar-refractivity contribution is 7.26. The van der Waals surface area contributed by atoms with Gasteiger partial charge in [0.15, 0.2) is 0 Å². The Hall–Kier alpha value is -4.79. The molecular weight excluding hydrogens is 551 g/mol. The number of aromatic nitrogens is 1. The van der Waals surface area contributed by atoms with Crippen LogP contribution in [0.3, 0.4) is 0 Å². The summed E-state index contributed by atoms with van der Waals surface area (Å²) >= 11 is 1.87. The Balaban J connectivity index is 1.35. The number of thiophene rings is 1. The molecule has 0 saturated carbocycles. The highest BCUT2D eigenvalue weighted by Crippen LogP contribution is 2.53. The maximum Gasteiger partial charge on any atom is 0.0808 e. The van der Waals surface area contributed by atoms with Crippen molar-refractivity contribution in [2.75, 3.05) is 0 Å². The first-order valence-electron chi connectivity index (χ1n) is 15.7. The average molecular weight is 582 g/mol. The summed E-state index contributed by atoms with van der Waals surface area (Å²) in [6.07, 6.45) is 2.19. The largest absolute Gasteiger partial charge is 0.247 e. The molecule has 2 heterocycles. The number of fused-ring (bicyclic) bond motifs is 9. The van der Waals surface area contributed by atoms with Gasteiger partial charge in [-0.2, -0.15) is 0 Å². The SMILES string of the molecule is CCC1(CC)c2ccccc2-c2cc(-c3cc(-c4ccccc4)c4ccc5sc6cc7ccccc7cc6c5c4n3)ccc21. The maximum atomic E-state index is 5.53. The van der Waals surface area contributed by atoms with E-state index in [0.29, 0.717) is 0 Å². The van der Waals surface area contributed by atoms with Crippen LogP contribution in [-0.2, 0) is 5.41 Å². The van der Waals surface area contributed by atoms with Crippen molar-refractivity contribution in [3.8, 4) is 33.5 Å². The van der Waals surface area contributed by atoms with E-state index in [9.17, 15) is 0 Å². The molecule has 0 radical (unpaired) electrons. The third-order valence-electron chi connectivity index (χ3n) is 10.1. The fourth-order valence-electron chi connectivity index (χ4n) is 7.88. The molecule has 0 saturated heterocycles. The first kappa shape index (κ1) is 25.7. The topological polar surface area (TPSA) is 12.9 Å². The van der Waals surface area contributed by atoms with Gasteiger partial charge >= 0.3 is 0 Å². The summed E-state index contributed by atoms with van der Waals surface area (Å²) in [6.45, 7) is 4.67. The Bertz CT molecular complexity index is 2410. The third kappa shape index (κ3) is 3.55. The molecule has 0 N–H and O–H groups in total. The standard InChI is InChI=1S/C42H31NS/c1-3-42(4-2)35-17-11-10-16-30(35)33-23-29(18-20-36(33)42)37-25-32(26-12-6-5-7-13-26)31-19-21-38-40(41(31)43-37)34-22-27-14-8-9-15-28(27)24-39(34)44-38/h5-25H,3-4H2,1-2H3. The van der Waals surface area contributed by atoms with Crippen LogP contribution in [0.1, 0.15) is 37.8 Å². The number of rotatable bonds is 4. The fourth-order valence-corrected chi connectivity index (χ4v) is 9.02. The van der Waals surface area contributed by atoms with E-state index in [1.54, 1.807) is 0 Å². The molecule has 8 aromatic rings. The smallest absolute Gasteiger partial charge is 0.0808 e. The molecule has 9 rings (SSSR count). The molecule has 1 aliphatic rings. The Morgan fingerprint density at radius 2 is 1.27 bits per heavy atom. The molecule has 0 fully saturated rings. The molecular formula is C42H31NS. The van der Waals surface area contributed by atoms with Crippen LogP contribution in [0, 0.1) is 0 Å². The lowest BCUT2D eigenvalue weighted by molar-refractivity contribution is 0.490. The van der Waals surface area contributed by atoms with Crippen molar-refractivity contribution in [1.82, 2.24) is 4.98 Å². The predicted octanol–water partition coefficient (Wildman–Crippen LogP) is 12.2. The first-order chi connectivity index (χ1) is 21.7. The summed E-state index contributed by atoms with van der Waals surface area (Å²) in [5.74, 6) is 0. The van der Waals surface area contributed by atoms with E-state index < -0.39 is 0 Å². The van der Waals surface area contributed by atoms with Gasteiger partial charge in [0.25, 0.3) is 0 Å².